The van der Waals surface area contributed by atoms with Crippen molar-refractivity contribution in [1.29, 1.82) is 0 Å². The normalized spacial score (nSPS) is 20.6. The molecule has 1 heterocycles. The maximum Gasteiger partial charge on any atom is 0.119 e. The van der Waals surface area contributed by atoms with Gasteiger partial charge in [0.15, 0.2) is 0 Å². The summed E-state index contributed by atoms with van der Waals surface area (Å²) in [7, 11) is 1.73. The number of piperazine rings is 1. The van der Waals surface area contributed by atoms with Crippen LogP contribution >= 0.6 is 0 Å². The Balaban J connectivity index is 1.75. The molecule has 4 rings (SSSR count). The van der Waals surface area contributed by atoms with Gasteiger partial charge in [-0.05, 0) is 41.0 Å². The molecule has 3 aromatic rings. The molecule has 1 aliphatic rings. The predicted molar refractivity (Wildman–Crippen MR) is 121 cm³/mol. The first kappa shape index (κ1) is 19.7. The molecule has 29 heavy (non-hydrogen) atoms. The number of methoxy groups -OCH3 is 1. The van der Waals surface area contributed by atoms with Crippen LogP contribution in [0.4, 0.5) is 0 Å². The number of hydrogen-bond donors (Lipinski definition) is 0. The third kappa shape index (κ3) is 3.93. The molecule has 1 atom stereocenters. The third-order valence-corrected chi connectivity index (χ3v) is 6.18. The number of hydrogen-bond acceptors (Lipinski definition) is 3. The summed E-state index contributed by atoms with van der Waals surface area (Å²) in [6.07, 6.45) is 2.02. The van der Waals surface area contributed by atoms with E-state index in [1.165, 1.54) is 21.9 Å². The van der Waals surface area contributed by atoms with E-state index < -0.39 is 0 Å². The zero-order valence-corrected chi connectivity index (χ0v) is 17.5. The Morgan fingerprint density at radius 3 is 2.66 bits per heavy atom. The van der Waals surface area contributed by atoms with Crippen LogP contribution in [0.3, 0.4) is 0 Å². The number of nitrogens with zero attached hydrogens (tertiary/aromatic N) is 2. The lowest BCUT2D eigenvalue weighted by Gasteiger charge is -2.50. The molecule has 1 unspecified atom stereocenters. The Labute approximate surface area is 174 Å². The molecule has 1 fully saturated rings. The molecule has 0 aliphatic carbocycles. The van der Waals surface area contributed by atoms with Crippen molar-refractivity contribution in [2.24, 2.45) is 0 Å². The van der Waals surface area contributed by atoms with Crippen LogP contribution in [0.5, 0.6) is 5.75 Å². The van der Waals surface area contributed by atoms with Crippen molar-refractivity contribution in [1.82, 2.24) is 9.80 Å². The highest BCUT2D eigenvalue weighted by molar-refractivity contribution is 5.86. The van der Waals surface area contributed by atoms with Crippen LogP contribution in [-0.4, -0.2) is 43.1 Å². The number of fused-ring (bicyclic) bond motifs is 1. The fourth-order valence-corrected chi connectivity index (χ4v) is 4.66. The molecule has 150 valence electrons. The van der Waals surface area contributed by atoms with E-state index in [4.69, 9.17) is 4.74 Å². The maximum absolute atomic E-state index is 5.45. The molecule has 3 heteroatoms. The molecule has 3 aromatic carbocycles. The van der Waals surface area contributed by atoms with E-state index in [0.717, 1.165) is 38.5 Å². The lowest BCUT2D eigenvalue weighted by Crippen LogP contribution is -2.58. The molecular weight excluding hydrogens is 356 g/mol. The molecule has 0 aromatic heterocycles. The highest BCUT2D eigenvalue weighted by Gasteiger charge is 2.39. The minimum absolute atomic E-state index is 0.0921. The Bertz CT molecular complexity index is 993. The summed E-state index contributed by atoms with van der Waals surface area (Å²) in [5.74, 6) is 0.916. The molecule has 1 saturated heterocycles. The number of ether oxygens (including phenoxy) is 1. The molecule has 0 N–H and O–H groups in total. The fourth-order valence-electron chi connectivity index (χ4n) is 4.66. The third-order valence-electron chi connectivity index (χ3n) is 6.18. The largest absolute Gasteiger partial charge is 0.497 e. The van der Waals surface area contributed by atoms with Crippen molar-refractivity contribution in [2.45, 2.75) is 19.0 Å². The van der Waals surface area contributed by atoms with Crippen molar-refractivity contribution in [3.63, 3.8) is 0 Å². The highest BCUT2D eigenvalue weighted by atomic mass is 16.5. The Morgan fingerprint density at radius 1 is 1.03 bits per heavy atom. The van der Waals surface area contributed by atoms with Gasteiger partial charge in [-0.25, -0.2) is 0 Å². The predicted octanol–water partition coefficient (Wildman–Crippen LogP) is 5.07. The summed E-state index contributed by atoms with van der Waals surface area (Å²) in [5, 5.41) is 2.64. The molecular formula is C26H30N2O. The van der Waals surface area contributed by atoms with Gasteiger partial charge in [0.05, 0.1) is 12.6 Å². The van der Waals surface area contributed by atoms with Crippen molar-refractivity contribution in [3.8, 4) is 5.75 Å². The molecule has 0 saturated carbocycles. The Hall–Kier alpha value is -2.62. The van der Waals surface area contributed by atoms with Crippen LogP contribution in [0, 0.1) is 0 Å². The van der Waals surface area contributed by atoms with E-state index in [2.05, 4.69) is 84.0 Å². The molecule has 0 amide bonds. The van der Waals surface area contributed by atoms with Gasteiger partial charge in [0.1, 0.15) is 5.75 Å². The lowest BCUT2D eigenvalue weighted by atomic mass is 9.83. The van der Waals surface area contributed by atoms with Crippen molar-refractivity contribution >= 4 is 10.8 Å². The van der Waals surface area contributed by atoms with E-state index in [-0.39, 0.29) is 5.54 Å². The molecule has 3 nitrogen and oxygen atoms in total. The van der Waals surface area contributed by atoms with Crippen LogP contribution in [0.2, 0.25) is 0 Å². The van der Waals surface area contributed by atoms with Crippen molar-refractivity contribution in [3.05, 3.63) is 90.5 Å². The smallest absolute Gasteiger partial charge is 0.119 e. The van der Waals surface area contributed by atoms with Gasteiger partial charge in [-0.15, -0.1) is 6.58 Å². The van der Waals surface area contributed by atoms with Gasteiger partial charge in [-0.2, -0.15) is 0 Å². The average Bonchev–Trinajstić information content (AvgIpc) is 2.75. The summed E-state index contributed by atoms with van der Waals surface area (Å²) in [6.45, 7) is 11.2. The zero-order chi connectivity index (χ0) is 20.3. The molecule has 0 spiro atoms. The van der Waals surface area contributed by atoms with Crippen LogP contribution in [0.25, 0.3) is 10.8 Å². The topological polar surface area (TPSA) is 15.7 Å². The fraction of sp³-hybridized carbons (Fsp3) is 0.308. The van der Waals surface area contributed by atoms with Gasteiger partial charge in [0.25, 0.3) is 0 Å². The van der Waals surface area contributed by atoms with Crippen LogP contribution in [0.1, 0.15) is 18.1 Å². The first-order chi connectivity index (χ1) is 14.1. The second-order valence-corrected chi connectivity index (χ2v) is 8.10. The Morgan fingerprint density at radius 2 is 1.83 bits per heavy atom. The molecule has 0 bridgehead atoms. The standard InChI is InChI=1S/C26H30N2O/c1-4-15-27-16-17-28(19-21-9-7-12-23(18-21)29-3)26(2,20-27)25-14-8-11-22-10-5-6-13-24(22)25/h4-14,18H,1,15-17,19-20H2,2-3H3. The van der Waals surface area contributed by atoms with E-state index in [1.807, 2.05) is 12.1 Å². The van der Waals surface area contributed by atoms with Crippen LogP contribution in [-0.2, 0) is 12.1 Å². The summed E-state index contributed by atoms with van der Waals surface area (Å²) < 4.78 is 5.45. The van der Waals surface area contributed by atoms with Crippen molar-refractivity contribution in [2.75, 3.05) is 33.3 Å². The lowest BCUT2D eigenvalue weighted by molar-refractivity contribution is 0.00437. The Kier molecular flexibility index (Phi) is 5.70. The van der Waals surface area contributed by atoms with Gasteiger partial charge in [0.2, 0.25) is 0 Å². The second-order valence-electron chi connectivity index (χ2n) is 8.10. The van der Waals surface area contributed by atoms with Gasteiger partial charge >= 0.3 is 0 Å². The van der Waals surface area contributed by atoms with E-state index in [9.17, 15) is 0 Å². The van der Waals surface area contributed by atoms with E-state index >= 15 is 0 Å². The first-order valence-corrected chi connectivity index (χ1v) is 10.3. The minimum atomic E-state index is -0.0921. The van der Waals surface area contributed by atoms with Gasteiger partial charge < -0.3 is 4.74 Å². The maximum atomic E-state index is 5.45. The number of benzene rings is 3. The van der Waals surface area contributed by atoms with Gasteiger partial charge in [-0.3, -0.25) is 9.80 Å². The highest BCUT2D eigenvalue weighted by Crippen LogP contribution is 2.37. The zero-order valence-electron chi connectivity index (χ0n) is 17.5. The summed E-state index contributed by atoms with van der Waals surface area (Å²) in [4.78, 5) is 5.14. The summed E-state index contributed by atoms with van der Waals surface area (Å²) >= 11 is 0. The van der Waals surface area contributed by atoms with Gasteiger partial charge in [0, 0.05) is 32.7 Å². The van der Waals surface area contributed by atoms with E-state index in [0.29, 0.717) is 0 Å². The monoisotopic (exact) mass is 386 g/mol. The van der Waals surface area contributed by atoms with Gasteiger partial charge in [-0.1, -0.05) is 60.7 Å². The van der Waals surface area contributed by atoms with E-state index in [1.54, 1.807) is 7.11 Å². The summed E-state index contributed by atoms with van der Waals surface area (Å²) in [5.41, 5.74) is 2.59. The van der Waals surface area contributed by atoms with Crippen molar-refractivity contribution < 1.29 is 4.74 Å². The van der Waals surface area contributed by atoms with Crippen LogP contribution in [0.15, 0.2) is 79.4 Å². The molecule has 1 aliphatic heterocycles. The average molecular weight is 387 g/mol. The number of rotatable bonds is 6. The second kappa shape index (κ2) is 8.40. The molecule has 0 radical (unpaired) electrons. The first-order valence-electron chi connectivity index (χ1n) is 10.3. The minimum Gasteiger partial charge on any atom is -0.497 e. The summed E-state index contributed by atoms with van der Waals surface area (Å²) in [6, 6.07) is 23.9. The van der Waals surface area contributed by atoms with Crippen LogP contribution < -0.4 is 4.74 Å². The quantitative estimate of drug-likeness (QED) is 0.550. The SMILES string of the molecule is C=CCN1CCN(Cc2cccc(OC)c2)C(C)(c2cccc3ccccc23)C1.